The van der Waals surface area contributed by atoms with E-state index >= 15 is 0 Å². The van der Waals surface area contributed by atoms with Crippen molar-refractivity contribution in [3.63, 3.8) is 0 Å². The Morgan fingerprint density at radius 2 is 1.59 bits per heavy atom. The van der Waals surface area contributed by atoms with Gasteiger partial charge in [-0.05, 0) is 36.3 Å². The third kappa shape index (κ3) is 1.97. The van der Waals surface area contributed by atoms with Crippen LogP contribution in [0.3, 0.4) is 0 Å². The van der Waals surface area contributed by atoms with Crippen LogP contribution in [0.1, 0.15) is 16.4 Å². The first-order valence-electron chi connectivity index (χ1n) is 12.1. The fraction of sp³-hybridized carbons (Fsp3) is 0. The minimum absolute atomic E-state index is 0.195. The van der Waals surface area contributed by atoms with E-state index < -0.39 is 83.9 Å². The molecule has 105 valence electrons. The molecule has 0 aliphatic rings. The number of rotatable bonds is 3. The van der Waals surface area contributed by atoms with Crippen LogP contribution in [0.2, 0.25) is 0 Å². The van der Waals surface area contributed by atoms with Gasteiger partial charge in [-0.2, -0.15) is 0 Å². The van der Waals surface area contributed by atoms with E-state index in [2.05, 4.69) is 0 Å². The molecule has 0 bridgehead atoms. The second-order valence-corrected chi connectivity index (χ2v) is 4.18. The summed E-state index contributed by atoms with van der Waals surface area (Å²) in [6, 6.07) is -8.05. The molecule has 0 aliphatic heterocycles. The van der Waals surface area contributed by atoms with Gasteiger partial charge in [0.15, 0.2) is 0 Å². The van der Waals surface area contributed by atoms with E-state index in [0.717, 1.165) is 4.57 Å². The Morgan fingerprint density at radius 1 is 0.864 bits per heavy atom. The van der Waals surface area contributed by atoms with Crippen LogP contribution in [0.5, 0.6) is 5.75 Å². The Labute approximate surface area is 145 Å². The SMILES string of the molecule is [2H]c1c([2H])c([2H])c(-n2c3c([2H])c([2H])c([2H])c([2H])c3c3c([2H])c(O[B]O)c([2H])c([2H])c32)c([2H])c1[2H]. The third-order valence-corrected chi connectivity index (χ3v) is 3.02. The van der Waals surface area contributed by atoms with E-state index in [1.807, 2.05) is 0 Å². The molecule has 1 N–H and O–H groups in total. The second-order valence-electron chi connectivity index (χ2n) is 4.18. The Hall–Kier alpha value is -2.72. The van der Waals surface area contributed by atoms with Gasteiger partial charge in [0.2, 0.25) is 0 Å². The maximum Gasteiger partial charge on any atom is 0.569 e. The van der Waals surface area contributed by atoms with Crippen molar-refractivity contribution in [1.82, 2.24) is 4.57 Å². The molecule has 0 unspecified atom stereocenters. The van der Waals surface area contributed by atoms with Gasteiger partial charge in [0, 0.05) is 16.5 Å². The average molecular weight is 298 g/mol. The van der Waals surface area contributed by atoms with Crippen LogP contribution in [0.15, 0.2) is 72.5 Å². The lowest BCUT2D eigenvalue weighted by Gasteiger charge is -2.07. The molecule has 1 radical (unpaired) electrons. The van der Waals surface area contributed by atoms with Crippen molar-refractivity contribution in [1.29, 1.82) is 0 Å². The molecule has 1 heterocycles. The molecule has 0 fully saturated rings. The lowest BCUT2D eigenvalue weighted by Crippen LogP contribution is -1.99. The molecule has 3 aromatic carbocycles. The molecular formula is C18H13BNO2. The topological polar surface area (TPSA) is 34.4 Å². The van der Waals surface area contributed by atoms with Crippen LogP contribution in [0.4, 0.5) is 0 Å². The van der Waals surface area contributed by atoms with Crippen molar-refractivity contribution >= 4 is 29.5 Å². The van der Waals surface area contributed by atoms with Gasteiger partial charge in [-0.25, -0.2) is 0 Å². The summed E-state index contributed by atoms with van der Waals surface area (Å²) in [5.41, 5.74) is -1.20. The first kappa shape index (κ1) is 5.49. The maximum atomic E-state index is 9.06. The van der Waals surface area contributed by atoms with E-state index in [0.29, 0.717) is 0 Å². The molecule has 3 nitrogen and oxygen atoms in total. The zero-order valence-electron chi connectivity index (χ0n) is 22.9. The maximum absolute atomic E-state index is 9.06. The summed E-state index contributed by atoms with van der Waals surface area (Å²) in [6.45, 7) is 0. The van der Waals surface area contributed by atoms with Gasteiger partial charge in [0.05, 0.1) is 27.5 Å². The number of benzene rings is 3. The molecule has 0 saturated carbocycles. The number of aromatic nitrogens is 1. The smallest absolute Gasteiger partial charge is 0.537 e. The normalized spacial score (nSPS) is 18.6. The van der Waals surface area contributed by atoms with E-state index in [1.165, 1.54) is 0 Å². The van der Waals surface area contributed by atoms with Gasteiger partial charge >= 0.3 is 7.69 Å². The lowest BCUT2D eigenvalue weighted by molar-refractivity contribution is 0.454. The van der Waals surface area contributed by atoms with Crippen molar-refractivity contribution in [3.8, 4) is 11.4 Å². The van der Waals surface area contributed by atoms with Crippen LogP contribution in [0, 0.1) is 0 Å². The molecule has 0 saturated heterocycles. The molecule has 4 aromatic rings. The predicted molar refractivity (Wildman–Crippen MR) is 89.4 cm³/mol. The van der Waals surface area contributed by atoms with E-state index in [-0.39, 0.29) is 29.5 Å². The van der Waals surface area contributed by atoms with Crippen LogP contribution in [0.25, 0.3) is 27.5 Å². The average Bonchev–Trinajstić information content (AvgIpc) is 3.16. The van der Waals surface area contributed by atoms with E-state index in [4.69, 9.17) is 26.1 Å². The fourth-order valence-corrected chi connectivity index (χ4v) is 2.19. The highest BCUT2D eigenvalue weighted by Gasteiger charge is 2.12. The van der Waals surface area contributed by atoms with Gasteiger partial charge in [-0.3, -0.25) is 0 Å². The van der Waals surface area contributed by atoms with Gasteiger partial charge in [-0.15, -0.1) is 0 Å². The quantitative estimate of drug-likeness (QED) is 0.585. The highest BCUT2D eigenvalue weighted by atomic mass is 16.5. The second kappa shape index (κ2) is 5.24. The van der Waals surface area contributed by atoms with E-state index in [1.54, 1.807) is 0 Å². The summed E-state index contributed by atoms with van der Waals surface area (Å²) in [6.07, 6.45) is 0. The van der Waals surface area contributed by atoms with Gasteiger partial charge in [0.1, 0.15) is 5.75 Å². The fourth-order valence-electron chi connectivity index (χ4n) is 2.19. The Bertz CT molecular complexity index is 1520. The summed E-state index contributed by atoms with van der Waals surface area (Å²) in [5, 5.41) is 8.51. The molecule has 0 aliphatic carbocycles. The molecule has 4 heteroatoms. The van der Waals surface area contributed by atoms with Gasteiger partial charge in [0.25, 0.3) is 0 Å². The molecule has 0 atom stereocenters. The Kier molecular flexibility index (Phi) is 1.31. The van der Waals surface area contributed by atoms with Crippen molar-refractivity contribution in [3.05, 3.63) is 72.5 Å². The highest BCUT2D eigenvalue weighted by Crippen LogP contribution is 2.33. The van der Waals surface area contributed by atoms with Crippen LogP contribution < -0.4 is 4.65 Å². The summed E-state index contributed by atoms with van der Waals surface area (Å²) in [4.78, 5) is 0. The number of hydrogen-bond acceptors (Lipinski definition) is 2. The first-order valence-corrected chi connectivity index (χ1v) is 6.12. The molecular weight excluding hydrogens is 273 g/mol. The van der Waals surface area contributed by atoms with Crippen LogP contribution >= 0.6 is 0 Å². The van der Waals surface area contributed by atoms with Crippen molar-refractivity contribution in [2.75, 3.05) is 0 Å². The molecule has 0 amide bonds. The summed E-state index contributed by atoms with van der Waals surface area (Å²) < 4.78 is 105. The monoisotopic (exact) mass is 298 g/mol. The molecule has 0 spiro atoms. The van der Waals surface area contributed by atoms with Crippen molar-refractivity contribution in [2.24, 2.45) is 0 Å². The molecule has 1 aromatic heterocycles. The van der Waals surface area contributed by atoms with Crippen LogP contribution in [-0.4, -0.2) is 17.3 Å². The van der Waals surface area contributed by atoms with E-state index in [9.17, 15) is 0 Å². The Balaban J connectivity index is 2.46. The first-order chi connectivity index (χ1) is 15.9. The molecule has 22 heavy (non-hydrogen) atoms. The zero-order valence-corrected chi connectivity index (χ0v) is 10.9. The number of nitrogens with zero attached hydrogens (tertiary/aromatic N) is 1. The summed E-state index contributed by atoms with van der Waals surface area (Å²) >= 11 is 0. The summed E-state index contributed by atoms with van der Waals surface area (Å²) in [7, 11) is 0.195. The van der Waals surface area contributed by atoms with Gasteiger partial charge < -0.3 is 14.2 Å². The van der Waals surface area contributed by atoms with Crippen molar-refractivity contribution < 1.29 is 26.1 Å². The zero-order chi connectivity index (χ0) is 25.4. The highest BCUT2D eigenvalue weighted by molar-refractivity contribution is 6.17. The van der Waals surface area contributed by atoms with Crippen molar-refractivity contribution in [2.45, 2.75) is 0 Å². The van der Waals surface area contributed by atoms with Gasteiger partial charge in [-0.1, -0.05) is 36.3 Å². The third-order valence-electron chi connectivity index (χ3n) is 3.02. The Morgan fingerprint density at radius 3 is 2.41 bits per heavy atom. The summed E-state index contributed by atoms with van der Waals surface area (Å²) in [5.74, 6) is -0.562. The number of para-hydroxylation sites is 2. The number of fused-ring (bicyclic) bond motifs is 3. The minimum Gasteiger partial charge on any atom is -0.537 e. The number of hydrogen-bond donors (Lipinski definition) is 1. The largest absolute Gasteiger partial charge is 0.569 e. The lowest BCUT2D eigenvalue weighted by atomic mass is 10.1. The van der Waals surface area contributed by atoms with Crippen LogP contribution in [-0.2, 0) is 0 Å². The predicted octanol–water partition coefficient (Wildman–Crippen LogP) is 3.69. The minimum atomic E-state index is -0.717. The molecule has 4 rings (SSSR count). The standard InChI is InChI=1S/C18H13BNO2/c21-19-22-14-10-11-18-16(12-14)15-8-4-5-9-17(15)20(18)13-6-2-1-3-7-13/h1-12,21H/i1D,2D,3D,4D,5D,6D,7D,8D,9D,10D,11D,12D.